The third-order valence-electron chi connectivity index (χ3n) is 6.39. The molecule has 0 amide bonds. The second-order valence-corrected chi connectivity index (χ2v) is 7.48. The number of aliphatic hydroxyl groups is 1. The molecule has 136 valence electrons. The zero-order chi connectivity index (χ0) is 17.7. The van der Waals surface area contributed by atoms with Gasteiger partial charge >= 0.3 is 6.18 Å². The minimum absolute atomic E-state index is 0.283. The quantitative estimate of drug-likeness (QED) is 0.886. The van der Waals surface area contributed by atoms with Crippen molar-refractivity contribution in [2.75, 3.05) is 19.7 Å². The van der Waals surface area contributed by atoms with Crippen molar-refractivity contribution in [2.24, 2.45) is 17.3 Å². The molecule has 1 aliphatic heterocycles. The summed E-state index contributed by atoms with van der Waals surface area (Å²) in [5.74, 6) is -2.29. The van der Waals surface area contributed by atoms with Crippen LogP contribution in [0.15, 0.2) is 0 Å². The molecule has 1 spiro atoms. The largest absolute Gasteiger partial charge is 0.396 e. The van der Waals surface area contributed by atoms with Gasteiger partial charge in [0.1, 0.15) is 0 Å². The molecule has 0 aromatic carbocycles. The van der Waals surface area contributed by atoms with E-state index in [-0.39, 0.29) is 11.5 Å². The Morgan fingerprint density at radius 1 is 1.29 bits per heavy atom. The van der Waals surface area contributed by atoms with Crippen LogP contribution >= 0.6 is 0 Å². The van der Waals surface area contributed by atoms with Crippen LogP contribution in [0.3, 0.4) is 0 Å². The van der Waals surface area contributed by atoms with E-state index >= 15 is 0 Å². The van der Waals surface area contributed by atoms with Gasteiger partial charge in [-0.25, -0.2) is 0 Å². The Labute approximate surface area is 140 Å². The first-order valence-corrected chi connectivity index (χ1v) is 8.62. The molecule has 1 saturated heterocycles. The lowest BCUT2D eigenvalue weighted by atomic mass is 9.49. The van der Waals surface area contributed by atoms with Gasteiger partial charge in [-0.05, 0) is 64.1 Å². The van der Waals surface area contributed by atoms with Crippen LogP contribution in [-0.4, -0.2) is 40.8 Å². The molecule has 3 rings (SSSR count). The molecular weight excluding hydrogens is 319 g/mol. The highest BCUT2D eigenvalue weighted by Crippen LogP contribution is 2.63. The first kappa shape index (κ1) is 17.7. The monoisotopic (exact) mass is 345 g/mol. The van der Waals surface area contributed by atoms with Gasteiger partial charge in [-0.3, -0.25) is 4.68 Å². The van der Waals surface area contributed by atoms with Crippen LogP contribution in [0.1, 0.15) is 42.3 Å². The van der Waals surface area contributed by atoms with Crippen LogP contribution in [0.25, 0.3) is 0 Å². The van der Waals surface area contributed by atoms with Crippen molar-refractivity contribution >= 4 is 0 Å². The van der Waals surface area contributed by atoms with E-state index in [9.17, 15) is 18.3 Å². The Kier molecular flexibility index (Phi) is 4.45. The molecule has 4 nitrogen and oxygen atoms in total. The van der Waals surface area contributed by atoms with Crippen LogP contribution in [0.2, 0.25) is 0 Å². The number of aromatic nitrogens is 2. The lowest BCUT2D eigenvalue weighted by Crippen LogP contribution is -2.59. The highest BCUT2D eigenvalue weighted by atomic mass is 19.4. The van der Waals surface area contributed by atoms with E-state index in [1.165, 1.54) is 0 Å². The molecule has 2 unspecified atom stereocenters. The summed E-state index contributed by atoms with van der Waals surface area (Å²) in [6.45, 7) is 6.40. The van der Waals surface area contributed by atoms with E-state index in [2.05, 4.69) is 10.4 Å². The maximum Gasteiger partial charge on any atom is 0.394 e. The molecule has 2 heterocycles. The van der Waals surface area contributed by atoms with Gasteiger partial charge in [0.05, 0.1) is 24.3 Å². The number of alkyl halides is 3. The smallest absolute Gasteiger partial charge is 0.394 e. The summed E-state index contributed by atoms with van der Waals surface area (Å²) in [5, 5.41) is 17.3. The number of hydrogen-bond donors (Lipinski definition) is 2. The minimum atomic E-state index is -4.39. The molecule has 2 aliphatic rings. The average Bonchev–Trinajstić information content (AvgIpc) is 2.77. The third-order valence-corrected chi connectivity index (χ3v) is 6.39. The average molecular weight is 345 g/mol. The van der Waals surface area contributed by atoms with Crippen molar-refractivity contribution in [3.8, 4) is 0 Å². The molecule has 3 atom stereocenters. The Morgan fingerprint density at radius 3 is 2.38 bits per heavy atom. The van der Waals surface area contributed by atoms with Crippen LogP contribution in [0.5, 0.6) is 0 Å². The summed E-state index contributed by atoms with van der Waals surface area (Å²) in [6, 6.07) is -0.283. The highest BCUT2D eigenvalue weighted by molar-refractivity contribution is 5.24. The standard InChI is InChI=1S/C17H26F3N3O/c1-10-11(2)22-23(12(10)3)14-8-16(4-6-21-7-5-16)15(14)13(9-24)17(18,19)20/h13-15,21,24H,4-9H2,1-3H3/t13?,14-,15?/m1/s1. The fraction of sp³-hybridized carbons (Fsp3) is 0.824. The van der Waals surface area contributed by atoms with E-state index in [0.29, 0.717) is 6.42 Å². The Bertz CT molecular complexity index is 605. The van der Waals surface area contributed by atoms with E-state index in [0.717, 1.165) is 42.9 Å². The maximum atomic E-state index is 13.6. The summed E-state index contributed by atoms with van der Waals surface area (Å²) >= 11 is 0. The maximum absolute atomic E-state index is 13.6. The topological polar surface area (TPSA) is 50.1 Å². The molecule has 0 radical (unpaired) electrons. The van der Waals surface area contributed by atoms with Crippen molar-refractivity contribution in [3.05, 3.63) is 17.0 Å². The van der Waals surface area contributed by atoms with Crippen molar-refractivity contribution in [1.29, 1.82) is 0 Å². The first-order chi connectivity index (χ1) is 11.2. The molecule has 2 fully saturated rings. The SMILES string of the molecule is Cc1nn([C@@H]2CC3(CCNCC3)C2C(CO)C(F)(F)F)c(C)c1C. The van der Waals surface area contributed by atoms with Crippen LogP contribution in [-0.2, 0) is 0 Å². The first-order valence-electron chi connectivity index (χ1n) is 8.62. The Hall–Kier alpha value is -1.08. The lowest BCUT2D eigenvalue weighted by molar-refractivity contribution is -0.244. The van der Waals surface area contributed by atoms with Gasteiger partial charge in [-0.2, -0.15) is 18.3 Å². The lowest BCUT2D eigenvalue weighted by Gasteiger charge is -2.59. The molecule has 7 heteroatoms. The van der Waals surface area contributed by atoms with Gasteiger partial charge in [-0.15, -0.1) is 0 Å². The van der Waals surface area contributed by atoms with Crippen molar-refractivity contribution in [1.82, 2.24) is 15.1 Å². The molecule has 1 aromatic rings. The fourth-order valence-electron chi connectivity index (χ4n) is 4.81. The Balaban J connectivity index is 1.99. The predicted molar refractivity (Wildman–Crippen MR) is 84.7 cm³/mol. The van der Waals surface area contributed by atoms with Gasteiger partial charge in [0.15, 0.2) is 0 Å². The zero-order valence-electron chi connectivity index (χ0n) is 14.5. The molecule has 1 aliphatic carbocycles. The molecule has 24 heavy (non-hydrogen) atoms. The van der Waals surface area contributed by atoms with Gasteiger partial charge < -0.3 is 10.4 Å². The normalized spacial score (nSPS) is 28.0. The molecular formula is C17H26F3N3O. The summed E-state index contributed by atoms with van der Waals surface area (Å²) in [7, 11) is 0. The van der Waals surface area contributed by atoms with E-state index in [1.807, 2.05) is 20.8 Å². The minimum Gasteiger partial charge on any atom is -0.396 e. The number of rotatable bonds is 3. The van der Waals surface area contributed by atoms with E-state index in [1.54, 1.807) is 4.68 Å². The van der Waals surface area contributed by atoms with E-state index < -0.39 is 24.6 Å². The molecule has 1 saturated carbocycles. The van der Waals surface area contributed by atoms with Crippen LogP contribution in [0, 0.1) is 38.0 Å². The second-order valence-electron chi connectivity index (χ2n) is 7.48. The number of nitrogens with zero attached hydrogens (tertiary/aromatic N) is 2. The number of aliphatic hydroxyl groups excluding tert-OH is 1. The number of nitrogens with one attached hydrogen (secondary N) is 1. The summed E-state index contributed by atoms with van der Waals surface area (Å²) < 4.78 is 42.6. The third kappa shape index (κ3) is 2.65. The van der Waals surface area contributed by atoms with E-state index in [4.69, 9.17) is 0 Å². The number of piperidine rings is 1. The van der Waals surface area contributed by atoms with Crippen molar-refractivity contribution in [2.45, 2.75) is 52.3 Å². The molecule has 0 bridgehead atoms. The summed E-state index contributed by atoms with van der Waals surface area (Å²) in [5.41, 5.74) is 2.50. The molecule has 1 aromatic heterocycles. The van der Waals surface area contributed by atoms with Gasteiger partial charge in [0.25, 0.3) is 0 Å². The number of aryl methyl sites for hydroxylation is 1. The fourth-order valence-corrected chi connectivity index (χ4v) is 4.81. The highest BCUT2D eigenvalue weighted by Gasteiger charge is 2.63. The summed E-state index contributed by atoms with van der Waals surface area (Å²) in [4.78, 5) is 0. The van der Waals surface area contributed by atoms with Gasteiger partial charge in [0, 0.05) is 11.6 Å². The predicted octanol–water partition coefficient (Wildman–Crippen LogP) is 2.91. The van der Waals surface area contributed by atoms with Crippen molar-refractivity contribution < 1.29 is 18.3 Å². The zero-order valence-corrected chi connectivity index (χ0v) is 14.5. The van der Waals surface area contributed by atoms with Crippen LogP contribution in [0.4, 0.5) is 13.2 Å². The second kappa shape index (κ2) is 6.02. The van der Waals surface area contributed by atoms with Crippen molar-refractivity contribution in [3.63, 3.8) is 0 Å². The number of hydrogen-bond acceptors (Lipinski definition) is 3. The Morgan fingerprint density at radius 2 is 1.92 bits per heavy atom. The van der Waals surface area contributed by atoms with Gasteiger partial charge in [0.2, 0.25) is 0 Å². The molecule has 2 N–H and O–H groups in total. The van der Waals surface area contributed by atoms with Gasteiger partial charge in [-0.1, -0.05) is 0 Å². The van der Waals surface area contributed by atoms with Crippen LogP contribution < -0.4 is 5.32 Å². The summed E-state index contributed by atoms with van der Waals surface area (Å²) in [6.07, 6.45) is -2.20. The number of halogens is 3.